The minimum atomic E-state index is -0.421. The molecule has 1 atom stereocenters. The van der Waals surface area contributed by atoms with Gasteiger partial charge < -0.3 is 11.1 Å². The lowest BCUT2D eigenvalue weighted by atomic mass is 9.93. The molecule has 8 heteroatoms. The molecule has 0 amide bonds. The normalized spacial score (nSPS) is 11.8. The second kappa shape index (κ2) is 7.72. The van der Waals surface area contributed by atoms with E-state index in [9.17, 15) is 14.0 Å². The first-order chi connectivity index (χ1) is 14.5. The van der Waals surface area contributed by atoms with Crippen molar-refractivity contribution in [2.45, 2.75) is 13.0 Å². The Morgan fingerprint density at radius 2 is 1.87 bits per heavy atom. The molecule has 4 aromatic rings. The largest absolute Gasteiger partial charge is 0.382 e. The maximum Gasteiger partial charge on any atom is 0.150 e. The highest BCUT2D eigenvalue weighted by atomic mass is 19.1. The maximum atomic E-state index is 14.1. The summed E-state index contributed by atoms with van der Waals surface area (Å²) in [6.07, 6.45) is 2.90. The number of aromatic nitrogens is 3. The predicted molar refractivity (Wildman–Crippen MR) is 110 cm³/mol. The van der Waals surface area contributed by atoms with Crippen molar-refractivity contribution < 1.29 is 8.78 Å². The van der Waals surface area contributed by atoms with E-state index >= 15 is 0 Å². The van der Waals surface area contributed by atoms with Crippen LogP contribution in [0, 0.1) is 23.0 Å². The monoisotopic (exact) mass is 402 g/mol. The first-order valence-corrected chi connectivity index (χ1v) is 9.09. The summed E-state index contributed by atoms with van der Waals surface area (Å²) in [7, 11) is 0. The summed E-state index contributed by atoms with van der Waals surface area (Å²) >= 11 is 0. The summed E-state index contributed by atoms with van der Waals surface area (Å²) in [4.78, 5) is 12.4. The molecule has 0 unspecified atom stereocenters. The molecule has 0 aliphatic carbocycles. The van der Waals surface area contributed by atoms with E-state index in [0.717, 1.165) is 0 Å². The van der Waals surface area contributed by atoms with Crippen molar-refractivity contribution in [3.63, 3.8) is 0 Å². The summed E-state index contributed by atoms with van der Waals surface area (Å²) in [5.74, 6) is -0.501. The SMILES string of the molecule is C[C@@H](Nc1ncnc(N)c1C#N)c1cnc2ccc(F)cc2c1-c1cccc(F)c1. The van der Waals surface area contributed by atoms with Gasteiger partial charge in [-0.3, -0.25) is 4.98 Å². The Bertz CT molecular complexity index is 1300. The summed E-state index contributed by atoms with van der Waals surface area (Å²) in [6, 6.07) is 11.9. The second-order valence-electron chi connectivity index (χ2n) is 6.72. The summed E-state index contributed by atoms with van der Waals surface area (Å²) in [6.45, 7) is 1.84. The number of hydrogen-bond acceptors (Lipinski definition) is 6. The Kier molecular flexibility index (Phi) is 4.94. The van der Waals surface area contributed by atoms with Crippen molar-refractivity contribution in [3.05, 3.63) is 77.8 Å². The number of fused-ring (bicyclic) bond motifs is 1. The molecule has 0 spiro atoms. The third-order valence-corrected chi connectivity index (χ3v) is 4.78. The summed E-state index contributed by atoms with van der Waals surface area (Å²) < 4.78 is 28.0. The molecular weight excluding hydrogens is 386 g/mol. The Balaban J connectivity index is 1.90. The van der Waals surface area contributed by atoms with E-state index < -0.39 is 17.7 Å². The molecule has 30 heavy (non-hydrogen) atoms. The molecule has 148 valence electrons. The van der Waals surface area contributed by atoms with Crippen LogP contribution in [-0.2, 0) is 0 Å². The van der Waals surface area contributed by atoms with E-state index in [1.165, 1.54) is 30.6 Å². The minimum Gasteiger partial charge on any atom is -0.382 e. The summed E-state index contributed by atoms with van der Waals surface area (Å²) in [5, 5.41) is 13.1. The van der Waals surface area contributed by atoms with Gasteiger partial charge in [0.1, 0.15) is 41.2 Å². The quantitative estimate of drug-likeness (QED) is 0.518. The number of pyridine rings is 1. The maximum absolute atomic E-state index is 14.1. The lowest BCUT2D eigenvalue weighted by molar-refractivity contribution is 0.628. The molecule has 0 radical (unpaired) electrons. The molecule has 3 N–H and O–H groups in total. The number of hydrogen-bond donors (Lipinski definition) is 2. The fraction of sp³-hybridized carbons (Fsp3) is 0.0909. The van der Waals surface area contributed by atoms with Crippen LogP contribution >= 0.6 is 0 Å². The fourth-order valence-electron chi connectivity index (χ4n) is 3.38. The van der Waals surface area contributed by atoms with Gasteiger partial charge in [-0.25, -0.2) is 18.7 Å². The van der Waals surface area contributed by atoms with Gasteiger partial charge in [-0.2, -0.15) is 5.26 Å². The molecule has 0 saturated heterocycles. The highest BCUT2D eigenvalue weighted by Crippen LogP contribution is 2.36. The highest BCUT2D eigenvalue weighted by molar-refractivity contribution is 5.96. The zero-order valence-corrected chi connectivity index (χ0v) is 15.9. The minimum absolute atomic E-state index is 0.0614. The lowest BCUT2D eigenvalue weighted by Crippen LogP contribution is -2.12. The van der Waals surface area contributed by atoms with E-state index in [2.05, 4.69) is 20.3 Å². The first kappa shape index (κ1) is 19.2. The van der Waals surface area contributed by atoms with Crippen molar-refractivity contribution in [1.82, 2.24) is 15.0 Å². The molecule has 4 rings (SSSR count). The Hall–Kier alpha value is -4.12. The fourth-order valence-corrected chi connectivity index (χ4v) is 3.38. The van der Waals surface area contributed by atoms with Crippen LogP contribution in [0.1, 0.15) is 24.1 Å². The van der Waals surface area contributed by atoms with Crippen LogP contribution in [0.3, 0.4) is 0 Å². The molecule has 0 bridgehead atoms. The molecule has 0 aliphatic rings. The number of rotatable bonds is 4. The van der Waals surface area contributed by atoms with E-state index in [-0.39, 0.29) is 17.2 Å². The third-order valence-electron chi connectivity index (χ3n) is 4.78. The lowest BCUT2D eigenvalue weighted by Gasteiger charge is -2.21. The van der Waals surface area contributed by atoms with Crippen LogP contribution in [-0.4, -0.2) is 15.0 Å². The number of halogens is 2. The van der Waals surface area contributed by atoms with Crippen LogP contribution in [0.15, 0.2) is 55.0 Å². The molecule has 2 aromatic heterocycles. The number of nitrogens with zero attached hydrogens (tertiary/aromatic N) is 4. The van der Waals surface area contributed by atoms with E-state index in [1.807, 2.05) is 13.0 Å². The van der Waals surface area contributed by atoms with Crippen LogP contribution in [0.5, 0.6) is 0 Å². The summed E-state index contributed by atoms with van der Waals surface area (Å²) in [5.41, 5.74) is 8.37. The first-order valence-electron chi connectivity index (χ1n) is 9.09. The van der Waals surface area contributed by atoms with Crippen LogP contribution in [0.25, 0.3) is 22.0 Å². The van der Waals surface area contributed by atoms with E-state index in [1.54, 1.807) is 24.4 Å². The second-order valence-corrected chi connectivity index (χ2v) is 6.72. The van der Waals surface area contributed by atoms with Crippen LogP contribution in [0.2, 0.25) is 0 Å². The van der Waals surface area contributed by atoms with Gasteiger partial charge in [0.15, 0.2) is 0 Å². The van der Waals surface area contributed by atoms with Gasteiger partial charge >= 0.3 is 0 Å². The standard InChI is InChI=1S/C22H16F2N6/c1-12(30-22-17(9-25)21(26)28-11-29-22)18-10-27-19-6-5-15(24)8-16(19)20(18)13-3-2-4-14(23)7-13/h2-8,10-12H,1H3,(H3,26,28,29,30)/t12-/m1/s1. The van der Waals surface area contributed by atoms with Crippen molar-refractivity contribution in [1.29, 1.82) is 5.26 Å². The van der Waals surface area contributed by atoms with Crippen molar-refractivity contribution in [3.8, 4) is 17.2 Å². The average molecular weight is 402 g/mol. The number of nitrogen functional groups attached to an aromatic ring is 1. The van der Waals surface area contributed by atoms with Crippen LogP contribution in [0.4, 0.5) is 20.4 Å². The topological polar surface area (TPSA) is 101 Å². The van der Waals surface area contributed by atoms with Crippen molar-refractivity contribution in [2.24, 2.45) is 0 Å². The molecule has 6 nitrogen and oxygen atoms in total. The average Bonchev–Trinajstić information content (AvgIpc) is 2.73. The Morgan fingerprint density at radius 1 is 1.07 bits per heavy atom. The highest BCUT2D eigenvalue weighted by Gasteiger charge is 2.19. The number of benzene rings is 2. The number of anilines is 2. The van der Waals surface area contributed by atoms with Crippen molar-refractivity contribution in [2.75, 3.05) is 11.1 Å². The Morgan fingerprint density at radius 3 is 2.63 bits per heavy atom. The Labute approximate surface area is 171 Å². The zero-order chi connectivity index (χ0) is 21.3. The molecule has 0 fully saturated rings. The number of nitriles is 1. The van der Waals surface area contributed by atoms with Gasteiger partial charge in [0.2, 0.25) is 0 Å². The van der Waals surface area contributed by atoms with Gasteiger partial charge in [-0.15, -0.1) is 0 Å². The van der Waals surface area contributed by atoms with E-state index in [4.69, 9.17) is 5.73 Å². The molecule has 2 heterocycles. The van der Waals surface area contributed by atoms with Gasteiger partial charge in [0.05, 0.1) is 11.6 Å². The molecule has 0 aliphatic heterocycles. The van der Waals surface area contributed by atoms with E-state index in [0.29, 0.717) is 27.6 Å². The van der Waals surface area contributed by atoms with Gasteiger partial charge in [-0.1, -0.05) is 12.1 Å². The smallest absolute Gasteiger partial charge is 0.150 e. The molecule has 0 saturated carbocycles. The van der Waals surface area contributed by atoms with Crippen molar-refractivity contribution >= 4 is 22.5 Å². The zero-order valence-electron chi connectivity index (χ0n) is 15.9. The molecule has 2 aromatic carbocycles. The third kappa shape index (κ3) is 3.49. The van der Waals surface area contributed by atoms with Gasteiger partial charge in [0.25, 0.3) is 0 Å². The van der Waals surface area contributed by atoms with Crippen LogP contribution < -0.4 is 11.1 Å². The predicted octanol–water partition coefficient (Wildman–Crippen LogP) is 4.60. The molecular formula is C22H16F2N6. The number of nitrogens with two attached hydrogens (primary N) is 1. The number of nitrogens with one attached hydrogen (secondary N) is 1. The van der Waals surface area contributed by atoms with Gasteiger partial charge in [-0.05, 0) is 48.4 Å². The van der Waals surface area contributed by atoms with Gasteiger partial charge in [0, 0.05) is 17.1 Å².